The maximum Gasteiger partial charge on any atom is 0.271 e. The Hall–Kier alpha value is -3.31. The molecule has 1 amide bonds. The molecule has 0 unspecified atom stereocenters. The van der Waals surface area contributed by atoms with Crippen LogP contribution in [0.2, 0.25) is 5.02 Å². The highest BCUT2D eigenvalue weighted by Crippen LogP contribution is 2.40. The van der Waals surface area contributed by atoms with Crippen molar-refractivity contribution in [3.05, 3.63) is 88.7 Å². The standard InChI is InChI=1S/C26H27ClN4O/c1-5-31-24-15-23(27)20(14-22(24)18(2)16-26(31,3)4)17-28-29-25(32)19-8-10-21(11-9-19)30-12-6-7-13-30/h6-17H,5H2,1-4H3,(H,29,32)/b28-17+. The average Bonchev–Trinajstić information content (AvgIpc) is 3.29. The van der Waals surface area contributed by atoms with Crippen molar-refractivity contribution >= 4 is 35.0 Å². The fourth-order valence-electron chi connectivity index (χ4n) is 4.31. The number of halogens is 1. The van der Waals surface area contributed by atoms with Crippen LogP contribution in [0.1, 0.15) is 49.2 Å². The molecular formula is C26H27ClN4O. The lowest BCUT2D eigenvalue weighted by Crippen LogP contribution is -2.44. The Bertz CT molecular complexity index is 1190. The molecule has 2 heterocycles. The normalized spacial score (nSPS) is 14.9. The molecule has 0 spiro atoms. The number of allylic oxidation sites excluding steroid dienone is 1. The minimum Gasteiger partial charge on any atom is -0.363 e. The zero-order valence-corrected chi connectivity index (χ0v) is 19.5. The minimum atomic E-state index is -0.274. The van der Waals surface area contributed by atoms with Gasteiger partial charge in [0.05, 0.1) is 16.8 Å². The van der Waals surface area contributed by atoms with Gasteiger partial charge in [-0.25, -0.2) is 5.43 Å². The van der Waals surface area contributed by atoms with Gasteiger partial charge in [0.25, 0.3) is 5.91 Å². The molecular weight excluding hydrogens is 420 g/mol. The maximum atomic E-state index is 12.5. The van der Waals surface area contributed by atoms with Crippen LogP contribution in [0.5, 0.6) is 0 Å². The van der Waals surface area contributed by atoms with E-state index in [1.165, 1.54) is 5.57 Å². The van der Waals surface area contributed by atoms with Gasteiger partial charge in [-0.1, -0.05) is 17.7 Å². The van der Waals surface area contributed by atoms with Crippen LogP contribution in [-0.2, 0) is 0 Å². The molecule has 0 aliphatic carbocycles. The van der Waals surface area contributed by atoms with E-state index in [4.69, 9.17) is 11.6 Å². The molecule has 32 heavy (non-hydrogen) atoms. The van der Waals surface area contributed by atoms with Crippen LogP contribution in [0, 0.1) is 0 Å². The highest BCUT2D eigenvalue weighted by Gasteiger charge is 2.30. The fraction of sp³-hybridized carbons (Fsp3) is 0.231. The number of hydrogen-bond donors (Lipinski definition) is 1. The van der Waals surface area contributed by atoms with Gasteiger partial charge in [0.1, 0.15) is 0 Å². The highest BCUT2D eigenvalue weighted by atomic mass is 35.5. The van der Waals surface area contributed by atoms with Gasteiger partial charge < -0.3 is 9.47 Å². The van der Waals surface area contributed by atoms with Gasteiger partial charge in [0, 0.05) is 47.0 Å². The van der Waals surface area contributed by atoms with Gasteiger partial charge in [-0.05, 0) is 81.8 Å². The lowest BCUT2D eigenvalue weighted by molar-refractivity contribution is 0.0955. The largest absolute Gasteiger partial charge is 0.363 e. The third-order valence-corrected chi connectivity index (χ3v) is 6.14. The number of amides is 1. The summed E-state index contributed by atoms with van der Waals surface area (Å²) >= 11 is 6.57. The van der Waals surface area contributed by atoms with Crippen molar-refractivity contribution in [2.75, 3.05) is 11.4 Å². The molecule has 0 fully saturated rings. The second-order valence-electron chi connectivity index (χ2n) is 8.45. The molecule has 1 N–H and O–H groups in total. The number of benzene rings is 2. The first-order valence-corrected chi connectivity index (χ1v) is 11.1. The third-order valence-electron chi connectivity index (χ3n) is 5.81. The summed E-state index contributed by atoms with van der Waals surface area (Å²) in [6.45, 7) is 9.54. The number of hydrogen-bond acceptors (Lipinski definition) is 3. The van der Waals surface area contributed by atoms with E-state index < -0.39 is 0 Å². The topological polar surface area (TPSA) is 49.6 Å². The number of carbonyl (C=O) groups is 1. The summed E-state index contributed by atoms with van der Waals surface area (Å²) in [6, 6.07) is 15.3. The van der Waals surface area contributed by atoms with Gasteiger partial charge in [-0.2, -0.15) is 5.10 Å². The van der Waals surface area contributed by atoms with Gasteiger partial charge >= 0.3 is 0 Å². The molecule has 2 aromatic carbocycles. The Kier molecular flexibility index (Phi) is 5.94. The summed E-state index contributed by atoms with van der Waals surface area (Å²) in [5.41, 5.74) is 8.25. The second kappa shape index (κ2) is 8.67. The molecule has 164 valence electrons. The minimum absolute atomic E-state index is 0.0738. The number of anilines is 1. The van der Waals surface area contributed by atoms with E-state index in [1.54, 1.807) is 18.3 Å². The molecule has 1 aliphatic heterocycles. The van der Waals surface area contributed by atoms with Crippen LogP contribution < -0.4 is 10.3 Å². The number of nitrogens with zero attached hydrogens (tertiary/aromatic N) is 3. The summed E-state index contributed by atoms with van der Waals surface area (Å²) in [6.07, 6.45) is 7.78. The molecule has 0 saturated heterocycles. The molecule has 0 radical (unpaired) electrons. The number of fused-ring (bicyclic) bond motifs is 1. The van der Waals surface area contributed by atoms with Crippen LogP contribution in [0.25, 0.3) is 11.3 Å². The lowest BCUT2D eigenvalue weighted by Gasteiger charge is -2.43. The Morgan fingerprint density at radius 3 is 2.50 bits per heavy atom. The van der Waals surface area contributed by atoms with E-state index in [1.807, 2.05) is 53.4 Å². The van der Waals surface area contributed by atoms with Gasteiger partial charge in [0.2, 0.25) is 0 Å². The molecule has 4 rings (SSSR count). The summed E-state index contributed by atoms with van der Waals surface area (Å²) in [4.78, 5) is 14.8. The lowest BCUT2D eigenvalue weighted by atomic mass is 9.88. The maximum absolute atomic E-state index is 12.5. The van der Waals surface area contributed by atoms with Crippen molar-refractivity contribution in [2.24, 2.45) is 5.10 Å². The molecule has 5 nitrogen and oxygen atoms in total. The number of hydrazone groups is 1. The van der Waals surface area contributed by atoms with E-state index >= 15 is 0 Å². The SMILES string of the molecule is CCN1c2cc(Cl)c(/C=N/NC(=O)c3ccc(-n4cccc4)cc3)cc2C(C)=CC1(C)C. The first-order chi connectivity index (χ1) is 15.3. The fourth-order valence-corrected chi connectivity index (χ4v) is 4.51. The Morgan fingerprint density at radius 1 is 1.16 bits per heavy atom. The van der Waals surface area contributed by atoms with Crippen LogP contribution in [0.3, 0.4) is 0 Å². The zero-order valence-electron chi connectivity index (χ0n) is 18.8. The molecule has 6 heteroatoms. The van der Waals surface area contributed by atoms with Crippen molar-refractivity contribution < 1.29 is 4.79 Å². The Morgan fingerprint density at radius 2 is 1.84 bits per heavy atom. The van der Waals surface area contributed by atoms with E-state index in [0.717, 1.165) is 29.0 Å². The smallest absolute Gasteiger partial charge is 0.271 e. The van der Waals surface area contributed by atoms with E-state index in [2.05, 4.69) is 49.2 Å². The number of carbonyl (C=O) groups excluding carboxylic acids is 1. The van der Waals surface area contributed by atoms with Crippen molar-refractivity contribution in [1.29, 1.82) is 0 Å². The zero-order chi connectivity index (χ0) is 22.9. The third kappa shape index (κ3) is 4.21. The molecule has 1 aromatic heterocycles. The molecule has 0 saturated carbocycles. The Balaban J connectivity index is 1.50. The van der Waals surface area contributed by atoms with Gasteiger partial charge in [-0.3, -0.25) is 4.79 Å². The highest BCUT2D eigenvalue weighted by molar-refractivity contribution is 6.33. The number of rotatable bonds is 5. The van der Waals surface area contributed by atoms with Crippen LogP contribution in [0.4, 0.5) is 5.69 Å². The number of likely N-dealkylation sites (N-methyl/N-ethyl adjacent to an activating group) is 1. The van der Waals surface area contributed by atoms with Gasteiger partial charge in [-0.15, -0.1) is 0 Å². The van der Waals surface area contributed by atoms with Crippen LogP contribution in [0.15, 0.2) is 72.1 Å². The summed E-state index contributed by atoms with van der Waals surface area (Å²) in [5.74, 6) is -0.274. The van der Waals surface area contributed by atoms with Gasteiger partial charge in [0.15, 0.2) is 0 Å². The van der Waals surface area contributed by atoms with Crippen LogP contribution >= 0.6 is 11.6 Å². The summed E-state index contributed by atoms with van der Waals surface area (Å²) < 4.78 is 1.98. The first-order valence-electron chi connectivity index (χ1n) is 10.7. The second-order valence-corrected chi connectivity index (χ2v) is 8.86. The van der Waals surface area contributed by atoms with Crippen LogP contribution in [-0.4, -0.2) is 28.8 Å². The molecule has 0 bridgehead atoms. The number of aromatic nitrogens is 1. The van der Waals surface area contributed by atoms with E-state index in [-0.39, 0.29) is 11.4 Å². The van der Waals surface area contributed by atoms with Crippen molar-refractivity contribution in [3.63, 3.8) is 0 Å². The predicted molar refractivity (Wildman–Crippen MR) is 133 cm³/mol. The predicted octanol–water partition coefficient (Wildman–Crippen LogP) is 5.92. The quantitative estimate of drug-likeness (QED) is 0.391. The molecule has 1 aliphatic rings. The molecule has 0 atom stereocenters. The monoisotopic (exact) mass is 446 g/mol. The Labute approximate surface area is 194 Å². The van der Waals surface area contributed by atoms with Crippen molar-refractivity contribution in [1.82, 2.24) is 9.99 Å². The van der Waals surface area contributed by atoms with Crippen molar-refractivity contribution in [2.45, 2.75) is 33.2 Å². The first kappa shape index (κ1) is 21.9. The summed E-state index contributed by atoms with van der Waals surface area (Å²) in [7, 11) is 0. The summed E-state index contributed by atoms with van der Waals surface area (Å²) in [5, 5.41) is 4.74. The van der Waals surface area contributed by atoms with Crippen molar-refractivity contribution in [3.8, 4) is 5.69 Å². The van der Waals surface area contributed by atoms with E-state index in [9.17, 15) is 4.79 Å². The van der Waals surface area contributed by atoms with E-state index in [0.29, 0.717) is 10.6 Å². The number of nitrogens with one attached hydrogen (secondary N) is 1. The molecule has 3 aromatic rings. The average molecular weight is 447 g/mol.